The summed E-state index contributed by atoms with van der Waals surface area (Å²) in [5.41, 5.74) is 15.0. The molecule has 0 fully saturated rings. The minimum absolute atomic E-state index is 0.489. The molecule has 0 aliphatic heterocycles. The molecule has 88 valence electrons. The first-order valence-corrected chi connectivity index (χ1v) is 4.40. The first kappa shape index (κ1) is 13.8. The molecule has 0 aliphatic rings. The van der Waals surface area contributed by atoms with Gasteiger partial charge in [0.25, 0.3) is 0 Å². The number of aliphatic carboxylic acids is 1. The molecule has 2 atom stereocenters. The van der Waals surface area contributed by atoms with Crippen LogP contribution in [0.2, 0.25) is 0 Å². The number of esters is 1. The largest absolute Gasteiger partial charge is 0.481 e. The van der Waals surface area contributed by atoms with Gasteiger partial charge in [0.1, 0.15) is 12.1 Å². The number of carbonyl (C=O) groups excluding carboxylic acids is 1. The Morgan fingerprint density at radius 2 is 1.93 bits per heavy atom. The van der Waals surface area contributed by atoms with Crippen molar-refractivity contribution in [1.82, 2.24) is 0 Å². The summed E-state index contributed by atoms with van der Waals surface area (Å²) in [6.45, 7) is 2.99. The van der Waals surface area contributed by atoms with E-state index >= 15 is 0 Å². The van der Waals surface area contributed by atoms with Gasteiger partial charge in [-0.05, 0) is 13.8 Å². The topological polar surface area (TPSA) is 142 Å². The first-order valence-electron chi connectivity index (χ1n) is 4.40. The van der Waals surface area contributed by atoms with Crippen LogP contribution in [0.25, 0.3) is 0 Å². The predicted molar refractivity (Wildman–Crippen MR) is 52.6 cm³/mol. The van der Waals surface area contributed by atoms with E-state index in [4.69, 9.17) is 27.0 Å². The lowest BCUT2D eigenvalue weighted by atomic mass is 10.1. The van der Waals surface area contributed by atoms with E-state index in [1.807, 2.05) is 0 Å². The summed E-state index contributed by atoms with van der Waals surface area (Å²) in [5, 5.41) is 8.39. The Bertz CT molecular complexity index is 249. The lowest BCUT2D eigenvalue weighted by Gasteiger charge is -2.27. The van der Waals surface area contributed by atoms with Crippen molar-refractivity contribution in [3.63, 3.8) is 0 Å². The molecule has 0 spiro atoms. The summed E-state index contributed by atoms with van der Waals surface area (Å²) >= 11 is 0. The maximum absolute atomic E-state index is 11.2. The Balaban J connectivity index is 4.19. The zero-order valence-electron chi connectivity index (χ0n) is 8.77. The predicted octanol–water partition coefficient (Wildman–Crippen LogP) is -1.65. The first-order chi connectivity index (χ1) is 6.64. The monoisotopic (exact) mass is 219 g/mol. The minimum atomic E-state index is -1.20. The number of rotatable bonds is 5. The van der Waals surface area contributed by atoms with E-state index in [0.717, 1.165) is 0 Å². The van der Waals surface area contributed by atoms with Crippen molar-refractivity contribution < 1.29 is 19.4 Å². The van der Waals surface area contributed by atoms with Gasteiger partial charge in [0.2, 0.25) is 0 Å². The molecule has 7 heteroatoms. The van der Waals surface area contributed by atoms with Gasteiger partial charge in [-0.2, -0.15) is 0 Å². The minimum Gasteiger partial charge on any atom is -0.481 e. The fraction of sp³-hybridized carbons (Fsp3) is 0.750. The van der Waals surface area contributed by atoms with Gasteiger partial charge in [0.05, 0.1) is 12.1 Å². The highest BCUT2D eigenvalue weighted by molar-refractivity contribution is 5.81. The van der Waals surface area contributed by atoms with Crippen LogP contribution in [0.4, 0.5) is 0 Å². The number of carbonyl (C=O) groups is 2. The van der Waals surface area contributed by atoms with Crippen molar-refractivity contribution in [3.8, 4) is 0 Å². The van der Waals surface area contributed by atoms with Crippen molar-refractivity contribution >= 4 is 11.9 Å². The number of nitrogens with two attached hydrogens (primary N) is 3. The van der Waals surface area contributed by atoms with E-state index in [1.54, 1.807) is 0 Å². The molecule has 0 aromatic rings. The second-order valence-corrected chi connectivity index (χ2v) is 3.65. The molecule has 0 amide bonds. The molecule has 0 aromatic heterocycles. The quantitative estimate of drug-likeness (QED) is 0.320. The molecule has 15 heavy (non-hydrogen) atoms. The lowest BCUT2D eigenvalue weighted by molar-refractivity contribution is -0.155. The fourth-order valence-electron chi connectivity index (χ4n) is 0.660. The molecule has 0 aliphatic carbocycles. The van der Waals surface area contributed by atoms with Gasteiger partial charge in [0, 0.05) is 0 Å². The van der Waals surface area contributed by atoms with Gasteiger partial charge < -0.3 is 27.0 Å². The third-order valence-electron chi connectivity index (χ3n) is 1.87. The van der Waals surface area contributed by atoms with Crippen molar-refractivity contribution in [2.45, 2.75) is 38.1 Å². The Hall–Kier alpha value is -1.18. The van der Waals surface area contributed by atoms with Crippen LogP contribution in [0.1, 0.15) is 20.3 Å². The van der Waals surface area contributed by atoms with E-state index in [-0.39, 0.29) is 0 Å². The highest BCUT2D eigenvalue weighted by Gasteiger charge is 2.28. The Morgan fingerprint density at radius 1 is 1.47 bits per heavy atom. The van der Waals surface area contributed by atoms with Gasteiger partial charge >= 0.3 is 11.9 Å². The number of hydrogen-bond donors (Lipinski definition) is 4. The third-order valence-corrected chi connectivity index (χ3v) is 1.87. The maximum atomic E-state index is 11.2. The molecule has 0 saturated heterocycles. The Kier molecular flexibility index (Phi) is 4.66. The van der Waals surface area contributed by atoms with Crippen LogP contribution in [-0.4, -0.2) is 34.9 Å². The standard InChI is InChI=1S/C8H17N3O4/c1-4(8(2,10)11)15-7(14)5(9)3-6(12)13/h4-5H,3,9-11H2,1-2H3,(H,12,13)/t4?,5-/m0/s1. The molecular formula is C8H17N3O4. The van der Waals surface area contributed by atoms with Crippen LogP contribution in [-0.2, 0) is 14.3 Å². The van der Waals surface area contributed by atoms with E-state index in [1.165, 1.54) is 13.8 Å². The number of ether oxygens (including phenoxy) is 1. The summed E-state index contributed by atoms with van der Waals surface area (Å²) in [5.74, 6) is -2.00. The molecule has 0 bridgehead atoms. The smallest absolute Gasteiger partial charge is 0.323 e. The van der Waals surface area contributed by atoms with Crippen LogP contribution >= 0.6 is 0 Å². The average molecular weight is 219 g/mol. The molecular weight excluding hydrogens is 202 g/mol. The van der Waals surface area contributed by atoms with E-state index in [9.17, 15) is 9.59 Å². The second-order valence-electron chi connectivity index (χ2n) is 3.65. The van der Waals surface area contributed by atoms with E-state index in [2.05, 4.69) is 0 Å². The van der Waals surface area contributed by atoms with Gasteiger partial charge in [-0.1, -0.05) is 0 Å². The fourth-order valence-corrected chi connectivity index (χ4v) is 0.660. The molecule has 0 saturated carbocycles. The Morgan fingerprint density at radius 3 is 2.27 bits per heavy atom. The number of carboxylic acid groups (broad SMARTS) is 1. The lowest BCUT2D eigenvalue weighted by Crippen LogP contribution is -2.57. The summed E-state index contributed by atoms with van der Waals surface area (Å²) < 4.78 is 4.80. The van der Waals surface area contributed by atoms with Gasteiger partial charge in [-0.25, -0.2) is 0 Å². The molecule has 7 nitrogen and oxygen atoms in total. The van der Waals surface area contributed by atoms with Crippen LogP contribution in [0, 0.1) is 0 Å². The highest BCUT2D eigenvalue weighted by atomic mass is 16.5. The third kappa shape index (κ3) is 5.31. The molecule has 0 aromatic carbocycles. The second kappa shape index (κ2) is 5.06. The van der Waals surface area contributed by atoms with Crippen molar-refractivity contribution in [3.05, 3.63) is 0 Å². The molecule has 0 radical (unpaired) electrons. The van der Waals surface area contributed by atoms with Crippen LogP contribution in [0.15, 0.2) is 0 Å². The normalized spacial score (nSPS) is 15.5. The summed E-state index contributed by atoms with van der Waals surface area (Å²) in [7, 11) is 0. The molecule has 7 N–H and O–H groups in total. The van der Waals surface area contributed by atoms with Crippen LogP contribution < -0.4 is 17.2 Å². The van der Waals surface area contributed by atoms with Crippen molar-refractivity contribution in [2.24, 2.45) is 17.2 Å². The average Bonchev–Trinajstić information content (AvgIpc) is 2.00. The SMILES string of the molecule is CC(OC(=O)[C@@H](N)CC(=O)O)C(C)(N)N. The van der Waals surface area contributed by atoms with Gasteiger partial charge in [-0.15, -0.1) is 0 Å². The maximum Gasteiger partial charge on any atom is 0.323 e. The van der Waals surface area contributed by atoms with Crippen molar-refractivity contribution in [1.29, 1.82) is 0 Å². The Labute approximate surface area is 87.5 Å². The summed E-state index contributed by atoms with van der Waals surface area (Å²) in [6, 6.07) is -1.20. The van der Waals surface area contributed by atoms with Crippen LogP contribution in [0.3, 0.4) is 0 Å². The molecule has 0 heterocycles. The zero-order valence-corrected chi connectivity index (χ0v) is 8.77. The zero-order chi connectivity index (χ0) is 12.2. The van der Waals surface area contributed by atoms with E-state index in [0.29, 0.717) is 0 Å². The highest BCUT2D eigenvalue weighted by Crippen LogP contribution is 2.05. The van der Waals surface area contributed by atoms with Gasteiger partial charge in [-0.3, -0.25) is 9.59 Å². The molecule has 1 unspecified atom stereocenters. The number of hydrogen-bond acceptors (Lipinski definition) is 6. The van der Waals surface area contributed by atoms with Crippen LogP contribution in [0.5, 0.6) is 0 Å². The van der Waals surface area contributed by atoms with E-state index < -0.39 is 36.2 Å². The van der Waals surface area contributed by atoms with Gasteiger partial charge in [0.15, 0.2) is 0 Å². The molecule has 0 rings (SSSR count). The summed E-state index contributed by atoms with van der Waals surface area (Å²) in [6.07, 6.45) is -1.23. The summed E-state index contributed by atoms with van der Waals surface area (Å²) in [4.78, 5) is 21.5. The number of carboxylic acids is 1. The van der Waals surface area contributed by atoms with Crippen molar-refractivity contribution in [2.75, 3.05) is 0 Å².